The number of epoxide rings is 3. The molecule has 0 aliphatic carbocycles. The first-order valence-corrected chi connectivity index (χ1v) is 6.78. The molecular weight excluding hydrogens is 266 g/mol. The van der Waals surface area contributed by atoms with Crippen molar-refractivity contribution in [3.05, 3.63) is 0 Å². The number of carbonyl (C=O) groups is 2. The number of imide groups is 1. The lowest BCUT2D eigenvalue weighted by Crippen LogP contribution is -2.51. The van der Waals surface area contributed by atoms with Gasteiger partial charge in [0.1, 0.15) is 0 Å². The maximum absolute atomic E-state index is 12.3. The number of amides is 4. The van der Waals surface area contributed by atoms with Crippen molar-refractivity contribution in [2.24, 2.45) is 0 Å². The number of ether oxygens (including phenoxy) is 3. The second kappa shape index (κ2) is 5.55. The summed E-state index contributed by atoms with van der Waals surface area (Å²) in [4.78, 5) is 27.1. The Balaban J connectivity index is 1.54. The smallest absolute Gasteiger partial charge is 0.328 e. The van der Waals surface area contributed by atoms with E-state index in [-0.39, 0.29) is 30.9 Å². The minimum atomic E-state index is -0.399. The molecule has 0 radical (unpaired) electrons. The molecule has 0 saturated carbocycles. The van der Waals surface area contributed by atoms with Gasteiger partial charge in [-0.2, -0.15) is 0 Å². The second-order valence-corrected chi connectivity index (χ2v) is 5.33. The zero-order valence-corrected chi connectivity index (χ0v) is 11.4. The number of urea groups is 2. The third kappa shape index (κ3) is 3.81. The average Bonchev–Trinajstić information content (AvgIpc) is 3.26. The minimum absolute atomic E-state index is 0.0348. The molecule has 3 aliphatic rings. The van der Waals surface area contributed by atoms with E-state index < -0.39 is 6.03 Å². The zero-order chi connectivity index (χ0) is 14.1. The van der Waals surface area contributed by atoms with Crippen LogP contribution in [0.25, 0.3) is 0 Å². The van der Waals surface area contributed by atoms with E-state index >= 15 is 0 Å². The number of rotatable bonds is 6. The number of likely N-dealkylation sites (N-methyl/N-ethyl adjacent to an activating group) is 1. The quantitative estimate of drug-likeness (QED) is 0.648. The summed E-state index contributed by atoms with van der Waals surface area (Å²) in [7, 11) is 1.67. The first-order chi connectivity index (χ1) is 9.63. The molecule has 3 rings (SSSR count). The van der Waals surface area contributed by atoms with Crippen molar-refractivity contribution in [3.63, 3.8) is 0 Å². The first-order valence-electron chi connectivity index (χ1n) is 6.78. The summed E-state index contributed by atoms with van der Waals surface area (Å²) < 4.78 is 15.2. The van der Waals surface area contributed by atoms with E-state index in [1.54, 1.807) is 7.05 Å². The van der Waals surface area contributed by atoms with Crippen molar-refractivity contribution in [2.75, 3.05) is 46.5 Å². The highest BCUT2D eigenvalue weighted by Gasteiger charge is 2.35. The SMILES string of the molecule is CN(CC1CO1)C(=O)N(CC1CO1)C(=O)NCC1CO1. The average molecular weight is 285 g/mol. The molecule has 1 N–H and O–H groups in total. The summed E-state index contributed by atoms with van der Waals surface area (Å²) in [5, 5.41) is 2.71. The van der Waals surface area contributed by atoms with Crippen LogP contribution in [0.1, 0.15) is 0 Å². The van der Waals surface area contributed by atoms with Crippen LogP contribution in [0.15, 0.2) is 0 Å². The molecule has 3 unspecified atom stereocenters. The molecule has 0 aromatic carbocycles. The largest absolute Gasteiger partial charge is 0.371 e. The number of carbonyl (C=O) groups excluding carboxylic acids is 2. The van der Waals surface area contributed by atoms with Gasteiger partial charge in [-0.25, -0.2) is 14.5 Å². The van der Waals surface area contributed by atoms with Gasteiger partial charge in [-0.15, -0.1) is 0 Å². The van der Waals surface area contributed by atoms with Crippen LogP contribution in [0.2, 0.25) is 0 Å². The van der Waals surface area contributed by atoms with Crippen LogP contribution in [0.5, 0.6) is 0 Å². The van der Waals surface area contributed by atoms with E-state index in [0.717, 1.165) is 0 Å². The maximum atomic E-state index is 12.3. The number of hydrogen-bond acceptors (Lipinski definition) is 5. The van der Waals surface area contributed by atoms with Gasteiger partial charge in [0.15, 0.2) is 0 Å². The van der Waals surface area contributed by atoms with Crippen LogP contribution in [0.4, 0.5) is 9.59 Å². The number of nitrogens with zero attached hydrogens (tertiary/aromatic N) is 2. The summed E-state index contributed by atoms with van der Waals surface area (Å²) in [6, 6.07) is -0.727. The topological polar surface area (TPSA) is 90.2 Å². The molecule has 0 spiro atoms. The Morgan fingerprint density at radius 3 is 2.15 bits per heavy atom. The summed E-state index contributed by atoms with van der Waals surface area (Å²) in [6.07, 6.45) is 0.157. The molecule has 3 atom stereocenters. The van der Waals surface area contributed by atoms with Gasteiger partial charge in [-0.3, -0.25) is 0 Å². The number of nitrogens with one attached hydrogen (secondary N) is 1. The molecule has 8 heteroatoms. The molecule has 20 heavy (non-hydrogen) atoms. The van der Waals surface area contributed by atoms with Gasteiger partial charge in [0, 0.05) is 13.6 Å². The Kier molecular flexibility index (Phi) is 3.77. The third-order valence-electron chi connectivity index (χ3n) is 3.35. The standard InChI is InChI=1S/C12H19N3O5/c1-14(3-9-6-19-9)12(17)15(4-10-7-20-10)11(16)13-2-8-5-18-8/h8-10H,2-7H2,1H3,(H,13,16). The Labute approximate surface area is 116 Å². The highest BCUT2D eigenvalue weighted by Crippen LogP contribution is 2.15. The summed E-state index contributed by atoms with van der Waals surface area (Å²) in [5.74, 6) is 0. The summed E-state index contributed by atoms with van der Waals surface area (Å²) in [5.41, 5.74) is 0. The lowest BCUT2D eigenvalue weighted by molar-refractivity contribution is 0.154. The number of hydrogen-bond donors (Lipinski definition) is 1. The third-order valence-corrected chi connectivity index (χ3v) is 3.35. The predicted octanol–water partition coefficient (Wildman–Crippen LogP) is -0.754. The van der Waals surface area contributed by atoms with E-state index in [4.69, 9.17) is 14.2 Å². The molecule has 8 nitrogen and oxygen atoms in total. The zero-order valence-electron chi connectivity index (χ0n) is 11.4. The molecule has 0 aromatic rings. The van der Waals surface area contributed by atoms with Crippen molar-refractivity contribution in [1.29, 1.82) is 0 Å². The van der Waals surface area contributed by atoms with Crippen molar-refractivity contribution < 1.29 is 23.8 Å². The Morgan fingerprint density at radius 1 is 1.05 bits per heavy atom. The molecular formula is C12H19N3O5. The molecule has 3 aliphatic heterocycles. The molecule has 3 heterocycles. The van der Waals surface area contributed by atoms with Gasteiger partial charge in [0.25, 0.3) is 0 Å². The fourth-order valence-corrected chi connectivity index (χ4v) is 1.87. The van der Waals surface area contributed by atoms with E-state index in [9.17, 15) is 9.59 Å². The van der Waals surface area contributed by atoms with Crippen LogP contribution >= 0.6 is 0 Å². The molecule has 3 fully saturated rings. The minimum Gasteiger partial charge on any atom is -0.371 e. The van der Waals surface area contributed by atoms with Crippen molar-refractivity contribution in [2.45, 2.75) is 18.3 Å². The van der Waals surface area contributed by atoms with E-state index in [0.29, 0.717) is 32.9 Å². The van der Waals surface area contributed by atoms with E-state index in [2.05, 4.69) is 5.32 Å². The molecule has 3 saturated heterocycles. The maximum Gasteiger partial charge on any atom is 0.328 e. The van der Waals surface area contributed by atoms with Crippen molar-refractivity contribution >= 4 is 12.1 Å². The fraction of sp³-hybridized carbons (Fsp3) is 0.833. The van der Waals surface area contributed by atoms with E-state index in [1.807, 2.05) is 0 Å². The molecule has 0 bridgehead atoms. The van der Waals surface area contributed by atoms with Crippen LogP contribution in [-0.2, 0) is 14.2 Å². The molecule has 4 amide bonds. The normalized spacial score (nSPS) is 29.6. The van der Waals surface area contributed by atoms with Gasteiger partial charge in [0.05, 0.1) is 51.2 Å². The van der Waals surface area contributed by atoms with Gasteiger partial charge in [-0.1, -0.05) is 0 Å². The van der Waals surface area contributed by atoms with Crippen LogP contribution < -0.4 is 5.32 Å². The van der Waals surface area contributed by atoms with Gasteiger partial charge in [-0.05, 0) is 0 Å². The Bertz CT molecular complexity index is 393. The van der Waals surface area contributed by atoms with Gasteiger partial charge < -0.3 is 24.4 Å². The second-order valence-electron chi connectivity index (χ2n) is 5.33. The lowest BCUT2D eigenvalue weighted by Gasteiger charge is -2.26. The van der Waals surface area contributed by atoms with Gasteiger partial charge >= 0.3 is 12.1 Å². The van der Waals surface area contributed by atoms with E-state index in [1.165, 1.54) is 9.80 Å². The Hall–Kier alpha value is -1.38. The van der Waals surface area contributed by atoms with Crippen molar-refractivity contribution in [3.8, 4) is 0 Å². The Morgan fingerprint density at radius 2 is 1.60 bits per heavy atom. The van der Waals surface area contributed by atoms with Crippen LogP contribution in [0.3, 0.4) is 0 Å². The summed E-state index contributed by atoms with van der Waals surface area (Å²) >= 11 is 0. The molecule has 112 valence electrons. The fourth-order valence-electron chi connectivity index (χ4n) is 1.87. The van der Waals surface area contributed by atoms with Crippen molar-refractivity contribution in [1.82, 2.24) is 15.1 Å². The van der Waals surface area contributed by atoms with Crippen LogP contribution in [0, 0.1) is 0 Å². The monoisotopic (exact) mass is 285 g/mol. The highest BCUT2D eigenvalue weighted by atomic mass is 16.6. The first kappa shape index (κ1) is 13.6. The highest BCUT2D eigenvalue weighted by molar-refractivity contribution is 5.93. The lowest BCUT2D eigenvalue weighted by atomic mass is 10.4. The van der Waals surface area contributed by atoms with Gasteiger partial charge in [0.2, 0.25) is 0 Å². The predicted molar refractivity (Wildman–Crippen MR) is 67.4 cm³/mol. The summed E-state index contributed by atoms with van der Waals surface area (Å²) in [6.45, 7) is 3.15. The van der Waals surface area contributed by atoms with Crippen LogP contribution in [-0.4, -0.2) is 86.7 Å². The molecule has 0 aromatic heterocycles.